The fourth-order valence-corrected chi connectivity index (χ4v) is 15.6. The molecule has 0 amide bonds. The van der Waals surface area contributed by atoms with Crippen molar-refractivity contribution in [3.63, 3.8) is 0 Å². The second-order valence-electron chi connectivity index (χ2n) is 24.3. The van der Waals surface area contributed by atoms with Crippen LogP contribution in [0.2, 0.25) is 0 Å². The summed E-state index contributed by atoms with van der Waals surface area (Å²) in [7, 11) is 0. The van der Waals surface area contributed by atoms with Crippen LogP contribution in [-0.4, -0.2) is 239 Å². The summed E-state index contributed by atoms with van der Waals surface area (Å²) in [5, 5.41) is 149. The third kappa shape index (κ3) is 10.3. The molecule has 5 heterocycles. The van der Waals surface area contributed by atoms with Crippen LogP contribution in [0.25, 0.3) is 0 Å². The van der Waals surface area contributed by atoms with Crippen LogP contribution in [0.5, 0.6) is 0 Å². The third-order valence-corrected chi connectivity index (χ3v) is 20.1. The Hall–Kier alpha value is -0.920. The zero-order chi connectivity index (χ0) is 53.5. The minimum absolute atomic E-state index is 0.0171. The van der Waals surface area contributed by atoms with Crippen molar-refractivity contribution in [1.82, 2.24) is 0 Å². The summed E-state index contributed by atoms with van der Waals surface area (Å²) in [5.74, 6) is 0.202. The lowest BCUT2D eigenvalue weighted by Crippen LogP contribution is -2.67. The Morgan fingerprint density at radius 1 is 0.554 bits per heavy atom. The van der Waals surface area contributed by atoms with Crippen molar-refractivity contribution in [3.05, 3.63) is 0 Å². The Balaban J connectivity index is 0.833. The summed E-state index contributed by atoms with van der Waals surface area (Å²) in [4.78, 5) is 0. The minimum atomic E-state index is -1.85. The Morgan fingerprint density at radius 2 is 1.12 bits per heavy atom. The Labute approximate surface area is 431 Å². The second-order valence-corrected chi connectivity index (χ2v) is 24.3. The van der Waals surface area contributed by atoms with E-state index in [-0.39, 0.29) is 47.2 Å². The van der Waals surface area contributed by atoms with Gasteiger partial charge in [0.15, 0.2) is 30.9 Å². The van der Waals surface area contributed by atoms with Crippen molar-refractivity contribution >= 4 is 0 Å². The highest BCUT2D eigenvalue weighted by atomic mass is 16.8. The summed E-state index contributed by atoms with van der Waals surface area (Å²) in [6, 6.07) is 0. The van der Waals surface area contributed by atoms with Gasteiger partial charge in [-0.1, -0.05) is 27.7 Å². The van der Waals surface area contributed by atoms with Gasteiger partial charge in [-0.05, 0) is 111 Å². The number of hydrogen-bond acceptors (Lipinski definition) is 23. The zero-order valence-electron chi connectivity index (χ0n) is 43.1. The molecule has 9 rings (SSSR count). The first-order chi connectivity index (χ1) is 35.0. The molecule has 5 saturated heterocycles. The summed E-state index contributed by atoms with van der Waals surface area (Å²) >= 11 is 0. The maximum atomic E-state index is 12.1. The first-order valence-electron chi connectivity index (χ1n) is 27.2. The van der Waals surface area contributed by atoms with E-state index >= 15 is 0 Å². The molecule has 23 nitrogen and oxygen atoms in total. The second kappa shape index (κ2) is 22.6. The molecule has 0 aromatic heterocycles. The normalized spacial score (nSPS) is 56.0. The van der Waals surface area contributed by atoms with Crippen LogP contribution in [0, 0.1) is 52.3 Å². The lowest BCUT2D eigenvalue weighted by atomic mass is 9.44. The van der Waals surface area contributed by atoms with Crippen molar-refractivity contribution in [2.75, 3.05) is 26.4 Å². The van der Waals surface area contributed by atoms with Gasteiger partial charge in [0.1, 0.15) is 91.6 Å². The molecule has 0 unspecified atom stereocenters. The van der Waals surface area contributed by atoms with E-state index in [9.17, 15) is 71.5 Å². The Bertz CT molecular complexity index is 1850. The summed E-state index contributed by atoms with van der Waals surface area (Å²) < 4.78 is 54.5. The Morgan fingerprint density at radius 3 is 1.77 bits per heavy atom. The maximum Gasteiger partial charge on any atom is 0.187 e. The van der Waals surface area contributed by atoms with Gasteiger partial charge in [0, 0.05) is 12.3 Å². The molecular weight excluding hydrogens is 981 g/mol. The van der Waals surface area contributed by atoms with E-state index in [0.717, 1.165) is 38.5 Å². The maximum absolute atomic E-state index is 12.1. The summed E-state index contributed by atoms with van der Waals surface area (Å²) in [5.41, 5.74) is -0.0583. The van der Waals surface area contributed by atoms with Gasteiger partial charge in [0.2, 0.25) is 0 Å². The van der Waals surface area contributed by atoms with Crippen LogP contribution in [0.15, 0.2) is 0 Å². The molecule has 0 bridgehead atoms. The fraction of sp³-hybridized carbons (Fsp3) is 1.00. The molecule has 9 fully saturated rings. The molecule has 32 atom stereocenters. The fourth-order valence-electron chi connectivity index (χ4n) is 15.6. The van der Waals surface area contributed by atoms with Gasteiger partial charge >= 0.3 is 0 Å². The number of fused-ring (bicyclic) bond motifs is 7. The van der Waals surface area contributed by atoms with Crippen LogP contribution in [-0.2, 0) is 42.6 Å². The SMILES string of the molecule is C[C@H](CC[C@]1(O)O[C@H]2C[C@H]3[C@@H]4CC[C@H]5C[C@@H](O[C@@H]6O[C@H](CO)[C@@H](O[C@@H]7O[C@H](CO)[C@@H](O)[C@H](O)[C@H]7O)[C@H](O)[C@H]6O[C@@H]6O[C@@H](C)[C@H](O)[C@@H](O)[C@H]6O)CC[C@]5(C)[C@H]4CC[C@]3(C)[C@H]2[C@@H]1C)CO[C@@H]1O[C@H](CO)[C@@H](O)[C@H](O)[C@H]1O. The molecule has 0 aromatic rings. The van der Waals surface area contributed by atoms with E-state index in [1.165, 1.54) is 6.92 Å². The molecule has 0 aromatic carbocycles. The molecule has 5 aliphatic heterocycles. The van der Waals surface area contributed by atoms with Crippen LogP contribution in [0.1, 0.15) is 98.8 Å². The van der Waals surface area contributed by atoms with Gasteiger partial charge in [0.05, 0.1) is 44.7 Å². The molecule has 0 radical (unpaired) electrons. The van der Waals surface area contributed by atoms with Crippen molar-refractivity contribution in [3.8, 4) is 0 Å². The van der Waals surface area contributed by atoms with Crippen LogP contribution in [0.4, 0.5) is 0 Å². The molecule has 4 saturated carbocycles. The molecule has 74 heavy (non-hydrogen) atoms. The Kier molecular flexibility index (Phi) is 17.6. The molecule has 428 valence electrons. The predicted molar refractivity (Wildman–Crippen MR) is 250 cm³/mol. The molecular formula is C51H86O23. The van der Waals surface area contributed by atoms with Crippen molar-refractivity contribution in [2.24, 2.45) is 52.3 Å². The van der Waals surface area contributed by atoms with E-state index in [2.05, 4.69) is 20.8 Å². The lowest BCUT2D eigenvalue weighted by Gasteiger charge is -2.61. The summed E-state index contributed by atoms with van der Waals surface area (Å²) in [6.45, 7) is 8.49. The predicted octanol–water partition coefficient (Wildman–Crippen LogP) is -2.93. The number of rotatable bonds is 15. The molecule has 9 aliphatic rings. The van der Waals surface area contributed by atoms with E-state index in [1.807, 2.05) is 6.92 Å². The van der Waals surface area contributed by atoms with Crippen LogP contribution >= 0.6 is 0 Å². The summed E-state index contributed by atoms with van der Waals surface area (Å²) in [6.07, 6.45) is -22.7. The van der Waals surface area contributed by atoms with Gasteiger partial charge in [0.25, 0.3) is 0 Å². The van der Waals surface area contributed by atoms with Gasteiger partial charge in [-0.25, -0.2) is 0 Å². The highest BCUT2D eigenvalue weighted by Gasteiger charge is 2.68. The van der Waals surface area contributed by atoms with Crippen LogP contribution in [0.3, 0.4) is 0 Å². The van der Waals surface area contributed by atoms with E-state index in [1.54, 1.807) is 0 Å². The van der Waals surface area contributed by atoms with E-state index in [0.29, 0.717) is 43.4 Å². The largest absolute Gasteiger partial charge is 0.394 e. The quantitative estimate of drug-likeness (QED) is 0.0730. The van der Waals surface area contributed by atoms with Crippen LogP contribution < -0.4 is 0 Å². The number of ether oxygens (including phenoxy) is 9. The first-order valence-corrected chi connectivity index (χ1v) is 27.2. The number of aliphatic hydroxyl groups is 14. The molecule has 0 spiro atoms. The molecule has 14 N–H and O–H groups in total. The highest BCUT2D eigenvalue weighted by Crippen LogP contribution is 2.71. The molecule has 4 aliphatic carbocycles. The smallest absolute Gasteiger partial charge is 0.187 e. The van der Waals surface area contributed by atoms with E-state index < -0.39 is 155 Å². The van der Waals surface area contributed by atoms with Crippen molar-refractivity contribution < 1.29 is 114 Å². The minimum Gasteiger partial charge on any atom is -0.394 e. The van der Waals surface area contributed by atoms with E-state index in [4.69, 9.17) is 42.6 Å². The first kappa shape index (κ1) is 57.8. The monoisotopic (exact) mass is 1070 g/mol. The average molecular weight is 1070 g/mol. The number of hydrogen-bond donors (Lipinski definition) is 14. The van der Waals surface area contributed by atoms with Crippen molar-refractivity contribution in [1.29, 1.82) is 0 Å². The van der Waals surface area contributed by atoms with Gasteiger partial charge in [-0.2, -0.15) is 0 Å². The highest BCUT2D eigenvalue weighted by molar-refractivity contribution is 5.15. The zero-order valence-corrected chi connectivity index (χ0v) is 43.1. The molecule has 23 heteroatoms. The lowest BCUT2D eigenvalue weighted by molar-refractivity contribution is -0.390. The van der Waals surface area contributed by atoms with Gasteiger partial charge in [-0.3, -0.25) is 0 Å². The van der Waals surface area contributed by atoms with Gasteiger partial charge < -0.3 is 114 Å². The third-order valence-electron chi connectivity index (χ3n) is 20.1. The number of aliphatic hydroxyl groups excluding tert-OH is 13. The van der Waals surface area contributed by atoms with Gasteiger partial charge in [-0.15, -0.1) is 0 Å². The topological polar surface area (TPSA) is 366 Å². The standard InChI is InChI=1S/C51H86O23/c1-20(19-66-45-39(61)37(59)34(56)29(16-52)69-45)8-13-51(65)21(2)32-28(74-51)15-27-25-7-6-23-14-24(9-11-49(23,4)26(25)10-12-50(27,32)5)68-48-44(73-46-40(62)36(58)33(55)22(3)67-46)42(64)43(31(18-54)71-48)72-47-41(63)38(60)35(57)30(17-53)70-47/h20-48,52-65H,6-19H2,1-5H3/t20-,21+,22+,23+,24+,25-,26+,27+,28+,29-,30-,31-,32+,33+,34-,35-,36-,37+,38+,39-,40-,41-,42+,43-,44-,45-,46+,47+,48-,49+,50+,51+/m1/s1. The van der Waals surface area contributed by atoms with Crippen molar-refractivity contribution in [2.45, 2.75) is 240 Å². The average Bonchev–Trinajstić information content (AvgIpc) is 3.82.